The van der Waals surface area contributed by atoms with Gasteiger partial charge in [0.15, 0.2) is 0 Å². The van der Waals surface area contributed by atoms with Crippen molar-refractivity contribution in [1.29, 1.82) is 0 Å². The molecule has 0 aliphatic heterocycles. The SMILES string of the molecule is Cc1nn(-c2cccc(C(=O)O)c2)c(C)c1C(F)(F)F. The molecule has 0 aliphatic rings. The van der Waals surface area contributed by atoms with Crippen LogP contribution in [0.1, 0.15) is 27.3 Å². The Labute approximate surface area is 112 Å². The summed E-state index contributed by atoms with van der Waals surface area (Å²) in [5, 5.41) is 12.8. The third-order valence-electron chi connectivity index (χ3n) is 2.91. The molecule has 106 valence electrons. The Hall–Kier alpha value is -2.31. The average Bonchev–Trinajstić information content (AvgIpc) is 2.64. The summed E-state index contributed by atoms with van der Waals surface area (Å²) in [5.41, 5.74) is -0.740. The molecule has 0 unspecified atom stereocenters. The number of carboxylic acids is 1. The Kier molecular flexibility index (Phi) is 3.29. The maximum Gasteiger partial charge on any atom is 0.419 e. The van der Waals surface area contributed by atoms with Crippen LogP contribution in [0.15, 0.2) is 24.3 Å². The second kappa shape index (κ2) is 4.66. The first-order chi connectivity index (χ1) is 9.21. The van der Waals surface area contributed by atoms with Gasteiger partial charge in [-0.15, -0.1) is 0 Å². The number of hydrogen-bond donors (Lipinski definition) is 1. The van der Waals surface area contributed by atoms with Crippen molar-refractivity contribution in [3.63, 3.8) is 0 Å². The molecule has 2 aromatic rings. The molecular formula is C13H11F3N2O2. The Morgan fingerprint density at radius 1 is 1.30 bits per heavy atom. The lowest BCUT2D eigenvalue weighted by Crippen LogP contribution is -2.08. The summed E-state index contributed by atoms with van der Waals surface area (Å²) >= 11 is 0. The van der Waals surface area contributed by atoms with Gasteiger partial charge in [-0.25, -0.2) is 9.48 Å². The van der Waals surface area contributed by atoms with Gasteiger partial charge in [0.05, 0.1) is 28.2 Å². The van der Waals surface area contributed by atoms with Gasteiger partial charge in [0.2, 0.25) is 0 Å². The zero-order valence-corrected chi connectivity index (χ0v) is 10.7. The largest absolute Gasteiger partial charge is 0.478 e. The van der Waals surface area contributed by atoms with Crippen molar-refractivity contribution < 1.29 is 23.1 Å². The molecule has 0 fully saturated rings. The molecule has 0 spiro atoms. The van der Waals surface area contributed by atoms with Crippen molar-refractivity contribution in [1.82, 2.24) is 9.78 Å². The molecule has 1 aromatic carbocycles. The number of halogens is 3. The van der Waals surface area contributed by atoms with Crippen LogP contribution in [0.25, 0.3) is 5.69 Å². The van der Waals surface area contributed by atoms with E-state index in [1.165, 1.54) is 38.1 Å². The van der Waals surface area contributed by atoms with E-state index in [0.29, 0.717) is 0 Å². The summed E-state index contributed by atoms with van der Waals surface area (Å²) in [6.45, 7) is 2.57. The van der Waals surface area contributed by atoms with Crippen LogP contribution in [0.3, 0.4) is 0 Å². The number of nitrogens with zero attached hydrogens (tertiary/aromatic N) is 2. The summed E-state index contributed by atoms with van der Waals surface area (Å²) in [7, 11) is 0. The molecule has 4 nitrogen and oxygen atoms in total. The van der Waals surface area contributed by atoms with Crippen molar-refractivity contribution in [2.24, 2.45) is 0 Å². The second-order valence-corrected chi connectivity index (χ2v) is 4.31. The highest BCUT2D eigenvalue weighted by molar-refractivity contribution is 5.88. The monoisotopic (exact) mass is 284 g/mol. The maximum atomic E-state index is 12.9. The van der Waals surface area contributed by atoms with Gasteiger partial charge >= 0.3 is 12.1 Å². The van der Waals surface area contributed by atoms with E-state index in [-0.39, 0.29) is 22.6 Å². The molecule has 2 rings (SSSR count). The molecule has 0 saturated carbocycles. The first-order valence-corrected chi connectivity index (χ1v) is 5.69. The summed E-state index contributed by atoms with van der Waals surface area (Å²) in [4.78, 5) is 10.9. The van der Waals surface area contributed by atoms with Crippen molar-refractivity contribution >= 4 is 5.97 Å². The van der Waals surface area contributed by atoms with Crippen molar-refractivity contribution in [2.45, 2.75) is 20.0 Å². The van der Waals surface area contributed by atoms with E-state index in [9.17, 15) is 18.0 Å². The molecule has 0 bridgehead atoms. The van der Waals surface area contributed by atoms with Gasteiger partial charge in [-0.2, -0.15) is 18.3 Å². The predicted octanol–water partition coefficient (Wildman–Crippen LogP) is 3.21. The third-order valence-corrected chi connectivity index (χ3v) is 2.91. The van der Waals surface area contributed by atoms with Crippen LogP contribution in [-0.4, -0.2) is 20.9 Å². The smallest absolute Gasteiger partial charge is 0.419 e. The van der Waals surface area contributed by atoms with Gasteiger partial charge in [-0.1, -0.05) is 6.07 Å². The topological polar surface area (TPSA) is 55.1 Å². The molecule has 1 N–H and O–H groups in total. The minimum absolute atomic E-state index is 0.0105. The van der Waals surface area contributed by atoms with Crippen LogP contribution in [0.2, 0.25) is 0 Å². The predicted molar refractivity (Wildman–Crippen MR) is 65.0 cm³/mol. The van der Waals surface area contributed by atoms with Gasteiger partial charge in [-0.05, 0) is 32.0 Å². The van der Waals surface area contributed by atoms with Crippen LogP contribution >= 0.6 is 0 Å². The lowest BCUT2D eigenvalue weighted by molar-refractivity contribution is -0.138. The number of carbonyl (C=O) groups is 1. The van der Waals surface area contributed by atoms with E-state index in [4.69, 9.17) is 5.11 Å². The summed E-state index contributed by atoms with van der Waals surface area (Å²) < 4.78 is 39.8. The van der Waals surface area contributed by atoms with Crippen LogP contribution < -0.4 is 0 Å². The van der Waals surface area contributed by atoms with Crippen LogP contribution in [-0.2, 0) is 6.18 Å². The zero-order chi connectivity index (χ0) is 15.1. The molecule has 0 radical (unpaired) electrons. The third kappa shape index (κ3) is 2.38. The van der Waals surface area contributed by atoms with E-state index in [0.717, 1.165) is 4.68 Å². The molecule has 0 atom stereocenters. The van der Waals surface area contributed by atoms with E-state index >= 15 is 0 Å². The highest BCUT2D eigenvalue weighted by Gasteiger charge is 2.37. The summed E-state index contributed by atoms with van der Waals surface area (Å²) in [5.74, 6) is -1.15. The second-order valence-electron chi connectivity index (χ2n) is 4.31. The highest BCUT2D eigenvalue weighted by Crippen LogP contribution is 2.34. The quantitative estimate of drug-likeness (QED) is 0.921. The minimum atomic E-state index is -4.49. The number of aromatic carboxylic acids is 1. The fourth-order valence-electron chi connectivity index (χ4n) is 2.08. The average molecular weight is 284 g/mol. The number of hydrogen-bond acceptors (Lipinski definition) is 2. The lowest BCUT2D eigenvalue weighted by atomic mass is 10.1. The van der Waals surface area contributed by atoms with Crippen molar-refractivity contribution in [3.8, 4) is 5.69 Å². The standard InChI is InChI=1S/C13H11F3N2O2/c1-7-11(13(14,15)16)8(2)18(17-7)10-5-3-4-9(6-10)12(19)20/h3-6H,1-2H3,(H,19,20). The molecule has 0 saturated heterocycles. The number of aryl methyl sites for hydroxylation is 1. The maximum absolute atomic E-state index is 12.9. The normalized spacial score (nSPS) is 11.7. The molecule has 0 aliphatic carbocycles. The van der Waals surface area contributed by atoms with Crippen LogP contribution in [0.4, 0.5) is 13.2 Å². The first kappa shape index (κ1) is 14.1. The van der Waals surface area contributed by atoms with Crippen molar-refractivity contribution in [3.05, 3.63) is 46.8 Å². The van der Waals surface area contributed by atoms with Gasteiger partial charge in [0.25, 0.3) is 0 Å². The first-order valence-electron chi connectivity index (χ1n) is 5.69. The number of carboxylic acid groups (broad SMARTS) is 1. The number of aromatic nitrogens is 2. The van der Waals surface area contributed by atoms with E-state index < -0.39 is 17.7 Å². The Bertz CT molecular complexity index is 675. The van der Waals surface area contributed by atoms with Gasteiger partial charge in [-0.3, -0.25) is 0 Å². The molecule has 0 amide bonds. The Morgan fingerprint density at radius 3 is 2.45 bits per heavy atom. The fraction of sp³-hybridized carbons (Fsp3) is 0.231. The number of rotatable bonds is 2. The number of benzene rings is 1. The Morgan fingerprint density at radius 2 is 1.95 bits per heavy atom. The molecule has 7 heteroatoms. The lowest BCUT2D eigenvalue weighted by Gasteiger charge is -2.08. The van der Waals surface area contributed by atoms with Crippen LogP contribution in [0, 0.1) is 13.8 Å². The Balaban J connectivity index is 2.60. The van der Waals surface area contributed by atoms with Gasteiger partial charge in [0, 0.05) is 0 Å². The molecule has 20 heavy (non-hydrogen) atoms. The molecule has 1 heterocycles. The molecular weight excluding hydrogens is 273 g/mol. The van der Waals surface area contributed by atoms with Crippen molar-refractivity contribution in [2.75, 3.05) is 0 Å². The van der Waals surface area contributed by atoms with Gasteiger partial charge in [0.1, 0.15) is 0 Å². The van der Waals surface area contributed by atoms with E-state index in [1.54, 1.807) is 0 Å². The van der Waals surface area contributed by atoms with Gasteiger partial charge < -0.3 is 5.11 Å². The fourth-order valence-corrected chi connectivity index (χ4v) is 2.08. The van der Waals surface area contributed by atoms with Crippen LogP contribution in [0.5, 0.6) is 0 Å². The highest BCUT2D eigenvalue weighted by atomic mass is 19.4. The molecule has 1 aromatic heterocycles. The van der Waals surface area contributed by atoms with E-state index in [1.807, 2.05) is 0 Å². The zero-order valence-electron chi connectivity index (χ0n) is 10.7. The minimum Gasteiger partial charge on any atom is -0.478 e. The number of alkyl halides is 3. The summed E-state index contributed by atoms with van der Waals surface area (Å²) in [6, 6.07) is 5.61. The van der Waals surface area contributed by atoms with E-state index in [2.05, 4.69) is 5.10 Å². The summed E-state index contributed by atoms with van der Waals surface area (Å²) in [6.07, 6.45) is -4.49.